The summed E-state index contributed by atoms with van der Waals surface area (Å²) in [5.41, 5.74) is 5.36. The lowest BCUT2D eigenvalue weighted by Crippen LogP contribution is -2.42. The maximum atomic E-state index is 16.4. The third-order valence-electron chi connectivity index (χ3n) is 8.37. The summed E-state index contributed by atoms with van der Waals surface area (Å²) in [6.45, 7) is 12.7. The number of fused-ring (bicyclic) bond motifs is 2. The van der Waals surface area contributed by atoms with Crippen molar-refractivity contribution in [2.45, 2.75) is 90.1 Å². The van der Waals surface area contributed by atoms with Crippen LogP contribution in [0.3, 0.4) is 0 Å². The first-order valence-electron chi connectivity index (χ1n) is 13.6. The van der Waals surface area contributed by atoms with Crippen LogP contribution in [0.4, 0.5) is 14.5 Å². The molecular weight excluding hydrogens is 538 g/mol. The van der Waals surface area contributed by atoms with E-state index in [0.717, 1.165) is 42.5 Å². The van der Waals surface area contributed by atoms with Crippen molar-refractivity contribution in [1.82, 2.24) is 4.57 Å². The van der Waals surface area contributed by atoms with Crippen molar-refractivity contribution >= 4 is 42.2 Å². The number of thiophene rings is 1. The molecular formula is C29H36F2N2O4SSi. The number of carbonyl (C=O) groups is 1. The lowest BCUT2D eigenvalue weighted by molar-refractivity contribution is 0.0524. The highest BCUT2D eigenvalue weighted by Crippen LogP contribution is 2.48. The SMILES string of the molecule is CCOC(=O)c1cn(C2CC2)c2c(F)c(-c3cc4c(s3)CCCC4O[Si](C)(C)C(C)(C)C)c(F)c(N)c2c1=O. The second-order valence-corrected chi connectivity index (χ2v) is 18.0. The first-order valence-corrected chi connectivity index (χ1v) is 17.3. The number of rotatable bonds is 6. The Bertz CT molecular complexity index is 1540. The number of pyridine rings is 1. The quantitative estimate of drug-likeness (QED) is 0.187. The zero-order chi connectivity index (χ0) is 28.4. The molecule has 0 saturated heterocycles. The van der Waals surface area contributed by atoms with Gasteiger partial charge in [0.25, 0.3) is 0 Å². The molecule has 1 unspecified atom stereocenters. The van der Waals surface area contributed by atoms with Crippen LogP contribution in [0.5, 0.6) is 0 Å². The maximum Gasteiger partial charge on any atom is 0.343 e. The minimum Gasteiger partial charge on any atom is -0.462 e. The van der Waals surface area contributed by atoms with E-state index in [1.807, 2.05) is 6.07 Å². The van der Waals surface area contributed by atoms with Crippen molar-refractivity contribution in [3.05, 3.63) is 50.1 Å². The van der Waals surface area contributed by atoms with E-state index in [4.69, 9.17) is 14.9 Å². The van der Waals surface area contributed by atoms with Crippen LogP contribution in [0, 0.1) is 11.6 Å². The Kier molecular flexibility index (Phi) is 7.04. The Morgan fingerprint density at radius 2 is 1.90 bits per heavy atom. The van der Waals surface area contributed by atoms with Gasteiger partial charge in [0, 0.05) is 22.0 Å². The molecule has 2 aromatic heterocycles. The largest absolute Gasteiger partial charge is 0.462 e. The van der Waals surface area contributed by atoms with E-state index < -0.39 is 37.0 Å². The summed E-state index contributed by atoms with van der Waals surface area (Å²) in [4.78, 5) is 27.3. The fraction of sp³-hybridized carbons (Fsp3) is 0.517. The molecule has 2 heterocycles. The summed E-state index contributed by atoms with van der Waals surface area (Å²) in [5.74, 6) is -2.65. The number of hydrogen-bond donors (Lipinski definition) is 1. The molecule has 3 aromatic rings. The Labute approximate surface area is 232 Å². The molecule has 10 heteroatoms. The predicted molar refractivity (Wildman–Crippen MR) is 154 cm³/mol. The molecule has 0 spiro atoms. The fourth-order valence-electron chi connectivity index (χ4n) is 5.07. The van der Waals surface area contributed by atoms with Crippen molar-refractivity contribution in [2.75, 3.05) is 12.3 Å². The molecule has 2 aliphatic rings. The van der Waals surface area contributed by atoms with E-state index in [1.54, 1.807) is 11.5 Å². The molecule has 0 aliphatic heterocycles. The molecule has 1 saturated carbocycles. The van der Waals surface area contributed by atoms with Gasteiger partial charge in [0.1, 0.15) is 5.56 Å². The highest BCUT2D eigenvalue weighted by molar-refractivity contribution is 7.15. The van der Waals surface area contributed by atoms with Gasteiger partial charge in [0.2, 0.25) is 5.43 Å². The van der Waals surface area contributed by atoms with Crippen molar-refractivity contribution in [1.29, 1.82) is 0 Å². The van der Waals surface area contributed by atoms with Gasteiger partial charge in [-0.1, -0.05) is 20.8 Å². The number of anilines is 1. The van der Waals surface area contributed by atoms with E-state index in [-0.39, 0.29) is 45.8 Å². The number of nitrogen functional groups attached to an aromatic ring is 1. The monoisotopic (exact) mass is 574 g/mol. The summed E-state index contributed by atoms with van der Waals surface area (Å²) >= 11 is 1.36. The summed E-state index contributed by atoms with van der Waals surface area (Å²) in [7, 11) is -2.08. The topological polar surface area (TPSA) is 83.6 Å². The van der Waals surface area contributed by atoms with Crippen LogP contribution >= 0.6 is 11.3 Å². The van der Waals surface area contributed by atoms with Crippen molar-refractivity contribution in [2.24, 2.45) is 0 Å². The van der Waals surface area contributed by atoms with Gasteiger partial charge in [0.15, 0.2) is 20.0 Å². The van der Waals surface area contributed by atoms with E-state index in [2.05, 4.69) is 33.9 Å². The van der Waals surface area contributed by atoms with Gasteiger partial charge in [-0.15, -0.1) is 11.3 Å². The van der Waals surface area contributed by atoms with Crippen LogP contribution in [-0.4, -0.2) is 25.5 Å². The number of nitrogens with zero attached hydrogens (tertiary/aromatic N) is 1. The van der Waals surface area contributed by atoms with Crippen molar-refractivity contribution in [3.8, 4) is 10.4 Å². The van der Waals surface area contributed by atoms with Gasteiger partial charge >= 0.3 is 5.97 Å². The highest BCUT2D eigenvalue weighted by atomic mass is 32.1. The van der Waals surface area contributed by atoms with Crippen molar-refractivity contribution < 1.29 is 22.7 Å². The number of hydrogen-bond acceptors (Lipinski definition) is 6. The van der Waals surface area contributed by atoms with Crippen LogP contribution in [-0.2, 0) is 15.6 Å². The van der Waals surface area contributed by atoms with E-state index >= 15 is 8.78 Å². The van der Waals surface area contributed by atoms with Gasteiger partial charge < -0.3 is 19.5 Å². The lowest BCUT2D eigenvalue weighted by atomic mass is 9.95. The standard InChI is InChI=1S/C29H36F2N2O4SSi/c1-7-36-28(35)17-14-33(15-11-12-15)26-22(27(17)34)25(32)23(30)21(24(26)31)20-13-16-18(9-8-10-19(16)38-20)37-39(5,6)29(2,3)4/h13-15,18H,7-12,32H2,1-6H3. The predicted octanol–water partition coefficient (Wildman–Crippen LogP) is 7.50. The minimum atomic E-state index is -2.08. The molecule has 5 rings (SSSR count). The summed E-state index contributed by atoms with van der Waals surface area (Å²) in [6.07, 6.45) is 5.35. The first kappa shape index (κ1) is 28.0. The number of aromatic nitrogens is 1. The van der Waals surface area contributed by atoms with E-state index in [1.165, 1.54) is 17.5 Å². The fourth-order valence-corrected chi connectivity index (χ4v) is 7.67. The Morgan fingerprint density at radius 3 is 2.51 bits per heavy atom. The van der Waals surface area contributed by atoms with Crippen LogP contribution in [0.15, 0.2) is 17.1 Å². The lowest BCUT2D eigenvalue weighted by Gasteiger charge is -2.40. The number of carbonyl (C=O) groups excluding carboxylic acids is 1. The normalized spacial score (nSPS) is 17.9. The molecule has 1 fully saturated rings. The maximum absolute atomic E-state index is 16.4. The van der Waals surface area contributed by atoms with Crippen LogP contribution < -0.4 is 11.2 Å². The minimum absolute atomic E-state index is 0.0311. The number of ether oxygens (including phenoxy) is 1. The average molecular weight is 575 g/mol. The molecule has 1 aromatic carbocycles. The van der Waals surface area contributed by atoms with Gasteiger partial charge in [-0.25, -0.2) is 13.6 Å². The molecule has 2 N–H and O–H groups in total. The van der Waals surface area contributed by atoms with Gasteiger partial charge in [0.05, 0.1) is 34.9 Å². The second-order valence-electron chi connectivity index (χ2n) is 12.1. The first-order chi connectivity index (χ1) is 18.3. The summed E-state index contributed by atoms with van der Waals surface area (Å²) < 4.78 is 45.7. The molecule has 0 radical (unpaired) electrons. The van der Waals surface area contributed by atoms with E-state index in [0.29, 0.717) is 4.88 Å². The van der Waals surface area contributed by atoms with Gasteiger partial charge in [-0.3, -0.25) is 4.79 Å². The Morgan fingerprint density at radius 1 is 1.21 bits per heavy atom. The number of aryl methyl sites for hydroxylation is 1. The number of halogens is 2. The summed E-state index contributed by atoms with van der Waals surface area (Å²) in [6, 6.07) is 1.74. The van der Waals surface area contributed by atoms with Crippen molar-refractivity contribution in [3.63, 3.8) is 0 Å². The van der Waals surface area contributed by atoms with Gasteiger partial charge in [-0.05, 0) is 68.8 Å². The number of esters is 1. The molecule has 1 atom stereocenters. The molecule has 210 valence electrons. The Hall–Kier alpha value is -2.56. The number of nitrogens with two attached hydrogens (primary N) is 1. The van der Waals surface area contributed by atoms with Gasteiger partial charge in [-0.2, -0.15) is 0 Å². The molecule has 0 bridgehead atoms. The second kappa shape index (κ2) is 9.81. The van der Waals surface area contributed by atoms with Crippen LogP contribution in [0.2, 0.25) is 18.1 Å². The zero-order valence-electron chi connectivity index (χ0n) is 23.4. The average Bonchev–Trinajstić information content (AvgIpc) is 3.60. The van der Waals surface area contributed by atoms with Crippen LogP contribution in [0.1, 0.15) is 86.3 Å². The smallest absolute Gasteiger partial charge is 0.343 e. The third kappa shape index (κ3) is 4.74. The molecule has 6 nitrogen and oxygen atoms in total. The molecule has 2 aliphatic carbocycles. The molecule has 39 heavy (non-hydrogen) atoms. The number of benzene rings is 1. The third-order valence-corrected chi connectivity index (χ3v) is 14.1. The Balaban J connectivity index is 1.68. The van der Waals surface area contributed by atoms with E-state index in [9.17, 15) is 9.59 Å². The molecule has 0 amide bonds. The highest BCUT2D eigenvalue weighted by Gasteiger charge is 2.41. The van der Waals surface area contributed by atoms with Crippen LogP contribution in [0.25, 0.3) is 21.3 Å². The zero-order valence-corrected chi connectivity index (χ0v) is 25.2. The summed E-state index contributed by atoms with van der Waals surface area (Å²) in [5, 5.41) is -0.282.